The van der Waals surface area contributed by atoms with Crippen molar-refractivity contribution in [2.45, 2.75) is 19.6 Å². The molecule has 5 heteroatoms. The average Bonchev–Trinajstić information content (AvgIpc) is 2.12. The molecule has 0 atom stereocenters. The van der Waals surface area contributed by atoms with Crippen molar-refractivity contribution in [2.75, 3.05) is 0 Å². The maximum atomic E-state index is 11.7. The van der Waals surface area contributed by atoms with Gasteiger partial charge in [-0.3, -0.25) is 0 Å². The van der Waals surface area contributed by atoms with Crippen LogP contribution in [0.4, 0.5) is 13.2 Å². The maximum absolute atomic E-state index is 11.7. The second kappa shape index (κ2) is 2.56. The molecule has 0 saturated carbocycles. The minimum atomic E-state index is -4.21. The normalized spacial score (nSPS) is 12.0. The van der Waals surface area contributed by atoms with E-state index in [1.165, 1.54) is 6.92 Å². The molecule has 1 aromatic heterocycles. The molecule has 0 N–H and O–H groups in total. The van der Waals surface area contributed by atoms with Crippen LogP contribution in [0.1, 0.15) is 5.69 Å². The first kappa shape index (κ1) is 8.10. The molecule has 1 aromatic rings. The minimum Gasteiger partial charge on any atom is -0.316 e. The van der Waals surface area contributed by atoms with Crippen molar-refractivity contribution >= 4 is 0 Å². The zero-order valence-electron chi connectivity index (χ0n) is 5.74. The highest BCUT2D eigenvalue weighted by atomic mass is 19.4. The van der Waals surface area contributed by atoms with Gasteiger partial charge in [-0.2, -0.15) is 13.2 Å². The highest BCUT2D eigenvalue weighted by Crippen LogP contribution is 2.17. The Bertz CT molecular complexity index is 238. The third-order valence-electron chi connectivity index (χ3n) is 1.13. The number of halogens is 3. The van der Waals surface area contributed by atoms with Gasteiger partial charge in [-0.25, -0.2) is 4.98 Å². The fourth-order valence-electron chi connectivity index (χ4n) is 0.635. The zero-order valence-corrected chi connectivity index (χ0v) is 5.74. The number of nitrogens with zero attached hydrogens (tertiary/aromatic N) is 2. The van der Waals surface area contributed by atoms with Gasteiger partial charge in [-0.05, 0) is 6.92 Å². The van der Waals surface area contributed by atoms with E-state index in [0.29, 0.717) is 5.69 Å². The van der Waals surface area contributed by atoms with E-state index in [4.69, 9.17) is 0 Å². The van der Waals surface area contributed by atoms with Gasteiger partial charge in [0.25, 0.3) is 0 Å². The Morgan fingerprint density at radius 2 is 2.18 bits per heavy atom. The second-order valence-corrected chi connectivity index (χ2v) is 2.11. The molecule has 0 spiro atoms. The minimum absolute atomic E-state index is 0.335. The highest BCUT2D eigenvalue weighted by Gasteiger charge is 2.28. The zero-order chi connectivity index (χ0) is 8.48. The molecule has 11 heavy (non-hydrogen) atoms. The maximum Gasteiger partial charge on any atom is 0.406 e. The molecule has 60 valence electrons. The molecule has 0 aliphatic rings. The van der Waals surface area contributed by atoms with E-state index in [9.17, 15) is 13.2 Å². The summed E-state index contributed by atoms with van der Waals surface area (Å²) >= 11 is 0. The highest BCUT2D eigenvalue weighted by molar-refractivity contribution is 4.91. The average molecular weight is 162 g/mol. The van der Waals surface area contributed by atoms with Gasteiger partial charge in [-0.15, -0.1) is 0 Å². The van der Waals surface area contributed by atoms with Gasteiger partial charge in [0.15, 0.2) is 6.33 Å². The van der Waals surface area contributed by atoms with E-state index in [2.05, 4.69) is 17.5 Å². The summed E-state index contributed by atoms with van der Waals surface area (Å²) in [5.41, 5.74) is 0.335. The van der Waals surface area contributed by atoms with Crippen molar-refractivity contribution in [3.8, 4) is 0 Å². The molecule has 1 heterocycles. The van der Waals surface area contributed by atoms with Crippen molar-refractivity contribution in [2.24, 2.45) is 0 Å². The lowest BCUT2D eigenvalue weighted by molar-refractivity contribution is -0.141. The van der Waals surface area contributed by atoms with Crippen LogP contribution in [0.2, 0.25) is 0 Å². The summed E-state index contributed by atoms with van der Waals surface area (Å²) in [6.07, 6.45) is 0.289. The van der Waals surface area contributed by atoms with Crippen LogP contribution in [0.3, 0.4) is 0 Å². The van der Waals surface area contributed by atoms with E-state index in [-0.39, 0.29) is 0 Å². The van der Waals surface area contributed by atoms with Gasteiger partial charge in [-0.1, -0.05) is 0 Å². The summed E-state index contributed by atoms with van der Waals surface area (Å²) < 4.78 is 36.0. The van der Waals surface area contributed by atoms with Gasteiger partial charge in [0.2, 0.25) is 0 Å². The molecule has 0 saturated heterocycles. The molecule has 2 radical (unpaired) electrons. The molecule has 0 amide bonds. The van der Waals surface area contributed by atoms with E-state index >= 15 is 0 Å². The summed E-state index contributed by atoms with van der Waals surface area (Å²) in [5.74, 6) is 0. The van der Waals surface area contributed by atoms with Crippen LogP contribution in [0.25, 0.3) is 0 Å². The quantitative estimate of drug-likeness (QED) is 0.609. The first-order valence-corrected chi connectivity index (χ1v) is 2.88. The SMILES string of the molecule is Cc1[c]n[c]n1CC(F)(F)F. The van der Waals surface area contributed by atoms with Gasteiger partial charge in [0, 0.05) is 5.69 Å². The van der Waals surface area contributed by atoms with Crippen molar-refractivity contribution < 1.29 is 13.2 Å². The van der Waals surface area contributed by atoms with E-state index in [0.717, 1.165) is 4.57 Å². The lowest BCUT2D eigenvalue weighted by Crippen LogP contribution is -2.17. The van der Waals surface area contributed by atoms with Crippen LogP contribution in [0, 0.1) is 19.4 Å². The molecular formula is C6H5F3N2. The lowest BCUT2D eigenvalue weighted by atomic mass is 10.5. The first-order chi connectivity index (χ1) is 4.99. The smallest absolute Gasteiger partial charge is 0.316 e. The number of rotatable bonds is 1. The number of aryl methyl sites for hydroxylation is 1. The molecule has 0 fully saturated rings. The van der Waals surface area contributed by atoms with E-state index in [1.54, 1.807) is 0 Å². The molecule has 0 unspecified atom stereocenters. The van der Waals surface area contributed by atoms with Crippen molar-refractivity contribution in [3.05, 3.63) is 18.2 Å². The van der Waals surface area contributed by atoms with E-state index in [1.807, 2.05) is 0 Å². The Morgan fingerprint density at radius 1 is 1.55 bits per heavy atom. The Morgan fingerprint density at radius 3 is 2.55 bits per heavy atom. The van der Waals surface area contributed by atoms with Gasteiger partial charge < -0.3 is 4.57 Å². The molecule has 0 bridgehead atoms. The van der Waals surface area contributed by atoms with Crippen LogP contribution in [0.15, 0.2) is 0 Å². The van der Waals surface area contributed by atoms with Crippen LogP contribution < -0.4 is 0 Å². The summed E-state index contributed by atoms with van der Waals surface area (Å²) in [5, 5.41) is 0. The van der Waals surface area contributed by atoms with Gasteiger partial charge in [0.05, 0.1) is 0 Å². The van der Waals surface area contributed by atoms with E-state index < -0.39 is 12.7 Å². The van der Waals surface area contributed by atoms with Crippen molar-refractivity contribution in [3.63, 3.8) is 0 Å². The predicted octanol–water partition coefficient (Wildman–Crippen LogP) is 1.35. The predicted molar refractivity (Wildman–Crippen MR) is 30.7 cm³/mol. The van der Waals surface area contributed by atoms with Gasteiger partial charge >= 0.3 is 6.18 Å². The van der Waals surface area contributed by atoms with Crippen molar-refractivity contribution in [1.82, 2.24) is 9.55 Å². The molecule has 0 aromatic carbocycles. The van der Waals surface area contributed by atoms with Crippen LogP contribution >= 0.6 is 0 Å². The second-order valence-electron chi connectivity index (χ2n) is 2.11. The number of imidazole rings is 1. The largest absolute Gasteiger partial charge is 0.406 e. The third kappa shape index (κ3) is 2.25. The third-order valence-corrected chi connectivity index (χ3v) is 1.13. The summed E-state index contributed by atoms with van der Waals surface area (Å²) in [6, 6.07) is 0. The van der Waals surface area contributed by atoms with Crippen LogP contribution in [-0.2, 0) is 6.54 Å². The Labute approximate surface area is 61.7 Å². The number of aromatic nitrogens is 2. The molecule has 1 rings (SSSR count). The number of hydrogen-bond donors (Lipinski definition) is 0. The van der Waals surface area contributed by atoms with Crippen LogP contribution in [0.5, 0.6) is 0 Å². The fraction of sp³-hybridized carbons (Fsp3) is 0.500. The standard InChI is InChI=1S/C6H5F3N2/c1-5-2-10-4-11(5)3-6(7,8)9/h3H2,1H3. The van der Waals surface area contributed by atoms with Gasteiger partial charge in [0.1, 0.15) is 12.7 Å². The Hall–Kier alpha value is -1.00. The molecule has 0 aliphatic carbocycles. The molecule has 2 nitrogen and oxygen atoms in total. The summed E-state index contributed by atoms with van der Waals surface area (Å²) in [7, 11) is 0. The van der Waals surface area contributed by atoms with Crippen molar-refractivity contribution in [1.29, 1.82) is 0 Å². The first-order valence-electron chi connectivity index (χ1n) is 2.88. The number of alkyl halides is 3. The summed E-state index contributed by atoms with van der Waals surface area (Å²) in [4.78, 5) is 3.32. The number of hydrogen-bond acceptors (Lipinski definition) is 1. The monoisotopic (exact) mass is 162 g/mol. The summed E-state index contributed by atoms with van der Waals surface area (Å²) in [6.45, 7) is 0.449. The van der Waals surface area contributed by atoms with Crippen LogP contribution in [-0.4, -0.2) is 15.7 Å². The molecular weight excluding hydrogens is 157 g/mol. The Kier molecular flexibility index (Phi) is 1.89. The fourth-order valence-corrected chi connectivity index (χ4v) is 0.635. The topological polar surface area (TPSA) is 17.8 Å². The Balaban J connectivity index is 2.72. The molecule has 0 aliphatic heterocycles. The lowest BCUT2D eigenvalue weighted by Gasteiger charge is -2.07.